The molecule has 0 radical (unpaired) electrons. The topological polar surface area (TPSA) is 50.2 Å². The fraction of sp³-hybridized carbons (Fsp3) is 0.143. The molecular formula is C7H3BrClF2NO2. The van der Waals surface area contributed by atoms with Gasteiger partial charge in [0.2, 0.25) is 0 Å². The summed E-state index contributed by atoms with van der Waals surface area (Å²) in [4.78, 5) is 14.2. The number of halogens is 4. The molecule has 0 aliphatic carbocycles. The molecule has 0 aromatic carbocycles. The van der Waals surface area contributed by atoms with Crippen molar-refractivity contribution in [1.29, 1.82) is 0 Å². The van der Waals surface area contributed by atoms with Crippen molar-refractivity contribution in [2.75, 3.05) is 0 Å². The lowest BCUT2D eigenvalue weighted by molar-refractivity contribution is 0.0682. The Morgan fingerprint density at radius 1 is 1.64 bits per heavy atom. The largest absolute Gasteiger partial charge is 0.478 e. The van der Waals surface area contributed by atoms with Crippen LogP contribution >= 0.6 is 27.5 Å². The van der Waals surface area contributed by atoms with Crippen LogP contribution in [0.3, 0.4) is 0 Å². The summed E-state index contributed by atoms with van der Waals surface area (Å²) in [7, 11) is 0. The molecule has 7 heteroatoms. The molecule has 0 amide bonds. The van der Waals surface area contributed by atoms with Gasteiger partial charge in [-0.15, -0.1) is 0 Å². The number of pyridine rings is 1. The number of carbonyl (C=O) groups is 1. The van der Waals surface area contributed by atoms with Gasteiger partial charge in [0.25, 0.3) is 6.43 Å². The Morgan fingerprint density at radius 2 is 2.21 bits per heavy atom. The zero-order chi connectivity index (χ0) is 10.9. The molecule has 0 bridgehead atoms. The van der Waals surface area contributed by atoms with Gasteiger partial charge in [0.05, 0.1) is 10.6 Å². The third kappa shape index (κ3) is 2.01. The van der Waals surface area contributed by atoms with E-state index < -0.39 is 23.5 Å². The maximum Gasteiger partial charge on any atom is 0.339 e. The van der Waals surface area contributed by atoms with E-state index in [0.29, 0.717) is 0 Å². The Kier molecular flexibility index (Phi) is 3.38. The minimum absolute atomic E-state index is 0.162. The summed E-state index contributed by atoms with van der Waals surface area (Å²) >= 11 is 8.18. The zero-order valence-corrected chi connectivity index (χ0v) is 8.81. The van der Waals surface area contributed by atoms with Crippen LogP contribution in [0.4, 0.5) is 8.78 Å². The summed E-state index contributed by atoms with van der Waals surface area (Å²) in [5.74, 6) is -1.50. The molecule has 0 saturated carbocycles. The Hall–Kier alpha value is -0.750. The molecule has 1 heterocycles. The van der Waals surface area contributed by atoms with Crippen LogP contribution in [0, 0.1) is 0 Å². The van der Waals surface area contributed by atoms with Crippen LogP contribution in [0.5, 0.6) is 0 Å². The normalized spacial score (nSPS) is 10.6. The van der Waals surface area contributed by atoms with Gasteiger partial charge in [-0.3, -0.25) is 0 Å². The van der Waals surface area contributed by atoms with Crippen molar-refractivity contribution in [3.8, 4) is 0 Å². The molecule has 0 aliphatic heterocycles. The van der Waals surface area contributed by atoms with Crippen molar-refractivity contribution in [2.45, 2.75) is 6.43 Å². The molecular weight excluding hydrogens is 283 g/mol. The maximum atomic E-state index is 12.4. The van der Waals surface area contributed by atoms with E-state index in [1.165, 1.54) is 0 Å². The number of nitrogens with zero attached hydrogens (tertiary/aromatic N) is 1. The molecule has 1 rings (SSSR count). The predicted molar refractivity (Wildman–Crippen MR) is 48.9 cm³/mol. The number of aromatic nitrogens is 1. The second kappa shape index (κ2) is 4.18. The second-order valence-corrected chi connectivity index (χ2v) is 3.45. The number of hydrogen-bond acceptors (Lipinski definition) is 2. The average molecular weight is 286 g/mol. The number of carboxylic acids is 1. The van der Waals surface area contributed by atoms with Gasteiger partial charge in [-0.2, -0.15) is 0 Å². The van der Waals surface area contributed by atoms with E-state index in [4.69, 9.17) is 16.7 Å². The highest BCUT2D eigenvalue weighted by Gasteiger charge is 2.24. The fourth-order valence-corrected chi connectivity index (χ4v) is 1.61. The van der Waals surface area contributed by atoms with Crippen LogP contribution < -0.4 is 0 Å². The lowest BCUT2D eigenvalue weighted by Crippen LogP contribution is -2.06. The first-order chi connectivity index (χ1) is 6.45. The molecule has 14 heavy (non-hydrogen) atoms. The highest BCUT2D eigenvalue weighted by molar-refractivity contribution is 9.10. The van der Waals surface area contributed by atoms with Crippen LogP contribution in [0.15, 0.2) is 10.8 Å². The fourth-order valence-electron chi connectivity index (χ4n) is 0.895. The van der Waals surface area contributed by atoms with E-state index in [2.05, 4.69) is 20.9 Å². The minimum atomic E-state index is -2.95. The smallest absolute Gasteiger partial charge is 0.339 e. The molecule has 0 fully saturated rings. The second-order valence-electron chi connectivity index (χ2n) is 2.29. The SMILES string of the molecule is O=C(O)c1c(Br)ncc(Cl)c1C(F)F. The van der Waals surface area contributed by atoms with Crippen LogP contribution in [-0.4, -0.2) is 16.1 Å². The molecule has 0 saturated heterocycles. The summed E-state index contributed by atoms with van der Waals surface area (Å²) in [5, 5.41) is 8.30. The van der Waals surface area contributed by atoms with Crippen molar-refractivity contribution in [1.82, 2.24) is 4.98 Å². The summed E-state index contributed by atoms with van der Waals surface area (Å²) in [5.41, 5.74) is -1.33. The van der Waals surface area contributed by atoms with Crippen molar-refractivity contribution >= 4 is 33.5 Å². The standard InChI is InChI=1S/C7H3BrClF2NO2/c8-5-4(7(13)14)3(6(10)11)2(9)1-12-5/h1,6H,(H,13,14). The summed E-state index contributed by atoms with van der Waals surface area (Å²) < 4.78 is 24.7. The van der Waals surface area contributed by atoms with Crippen LogP contribution in [0.1, 0.15) is 22.3 Å². The van der Waals surface area contributed by atoms with Crippen molar-refractivity contribution in [3.63, 3.8) is 0 Å². The monoisotopic (exact) mass is 285 g/mol. The molecule has 1 aromatic heterocycles. The first-order valence-electron chi connectivity index (χ1n) is 3.30. The van der Waals surface area contributed by atoms with Crippen LogP contribution in [0.25, 0.3) is 0 Å². The first-order valence-corrected chi connectivity index (χ1v) is 4.47. The van der Waals surface area contributed by atoms with Gasteiger partial charge in [-0.1, -0.05) is 11.6 Å². The highest BCUT2D eigenvalue weighted by atomic mass is 79.9. The highest BCUT2D eigenvalue weighted by Crippen LogP contribution is 2.32. The van der Waals surface area contributed by atoms with E-state index >= 15 is 0 Å². The summed E-state index contributed by atoms with van der Waals surface area (Å²) in [6.07, 6.45) is -1.98. The van der Waals surface area contributed by atoms with Crippen molar-refractivity contribution < 1.29 is 18.7 Å². The minimum Gasteiger partial charge on any atom is -0.478 e. The van der Waals surface area contributed by atoms with Gasteiger partial charge in [0.15, 0.2) is 0 Å². The number of aromatic carboxylic acids is 1. The third-order valence-corrected chi connectivity index (χ3v) is 2.36. The van der Waals surface area contributed by atoms with E-state index in [1.54, 1.807) is 0 Å². The summed E-state index contributed by atoms with van der Waals surface area (Å²) in [6, 6.07) is 0. The zero-order valence-electron chi connectivity index (χ0n) is 6.47. The van der Waals surface area contributed by atoms with E-state index in [9.17, 15) is 13.6 Å². The molecule has 1 N–H and O–H groups in total. The first kappa shape index (κ1) is 11.3. The van der Waals surface area contributed by atoms with Crippen LogP contribution in [0.2, 0.25) is 5.02 Å². The van der Waals surface area contributed by atoms with Crippen LogP contribution in [-0.2, 0) is 0 Å². The lowest BCUT2D eigenvalue weighted by Gasteiger charge is -2.07. The third-order valence-electron chi connectivity index (χ3n) is 1.46. The van der Waals surface area contributed by atoms with Gasteiger partial charge in [0.1, 0.15) is 10.2 Å². The molecule has 76 valence electrons. The van der Waals surface area contributed by atoms with Gasteiger partial charge in [-0.25, -0.2) is 18.6 Å². The van der Waals surface area contributed by atoms with Gasteiger partial charge >= 0.3 is 5.97 Å². The Bertz CT molecular complexity index is 386. The Labute approximate surface area is 90.8 Å². The number of alkyl halides is 2. The summed E-state index contributed by atoms with van der Waals surface area (Å²) in [6.45, 7) is 0. The van der Waals surface area contributed by atoms with Gasteiger partial charge in [0, 0.05) is 6.20 Å². The molecule has 0 aliphatic rings. The molecule has 0 spiro atoms. The lowest BCUT2D eigenvalue weighted by atomic mass is 10.1. The van der Waals surface area contributed by atoms with E-state index in [-0.39, 0.29) is 9.63 Å². The number of hydrogen-bond donors (Lipinski definition) is 1. The van der Waals surface area contributed by atoms with E-state index in [1.807, 2.05) is 0 Å². The van der Waals surface area contributed by atoms with Gasteiger partial charge in [-0.05, 0) is 15.9 Å². The van der Waals surface area contributed by atoms with Gasteiger partial charge < -0.3 is 5.11 Å². The maximum absolute atomic E-state index is 12.4. The Balaban J connectivity index is 3.50. The number of rotatable bonds is 2. The Morgan fingerprint density at radius 3 is 2.57 bits per heavy atom. The molecule has 1 aromatic rings. The molecule has 0 atom stereocenters. The number of carboxylic acid groups (broad SMARTS) is 1. The van der Waals surface area contributed by atoms with Crippen molar-refractivity contribution in [2.24, 2.45) is 0 Å². The van der Waals surface area contributed by atoms with E-state index in [0.717, 1.165) is 6.20 Å². The molecule has 0 unspecified atom stereocenters. The quantitative estimate of drug-likeness (QED) is 0.850. The predicted octanol–water partition coefficient (Wildman–Crippen LogP) is 3.13. The average Bonchev–Trinajstić information content (AvgIpc) is 2.07. The molecule has 3 nitrogen and oxygen atoms in total. The van der Waals surface area contributed by atoms with Crippen molar-refractivity contribution in [3.05, 3.63) is 26.9 Å².